The minimum Gasteiger partial charge on any atom is -0.455 e. The number of halogens is 1. The van der Waals surface area contributed by atoms with Crippen LogP contribution < -0.4 is 5.32 Å². The number of rotatable bonds is 8. The van der Waals surface area contributed by atoms with E-state index in [4.69, 9.17) is 16.0 Å². The number of quaternary nitrogens is 1. The van der Waals surface area contributed by atoms with Crippen LogP contribution in [0.5, 0.6) is 0 Å². The number of tetrazole rings is 1. The molecule has 0 fully saturated rings. The lowest BCUT2D eigenvalue weighted by molar-refractivity contribution is -0.672. The fourth-order valence-corrected chi connectivity index (χ4v) is 3.17. The molecule has 0 aliphatic rings. The van der Waals surface area contributed by atoms with Gasteiger partial charge in [0.05, 0.1) is 6.54 Å². The molecule has 0 aliphatic heterocycles. The molecule has 3 aromatic rings. The molecule has 8 heteroatoms. The molecule has 0 amide bonds. The molecule has 1 aromatic carbocycles. The van der Waals surface area contributed by atoms with Gasteiger partial charge in [-0.05, 0) is 46.8 Å². The molecule has 0 unspecified atom stereocenters. The second-order valence-electron chi connectivity index (χ2n) is 5.34. The van der Waals surface area contributed by atoms with Crippen molar-refractivity contribution >= 4 is 23.4 Å². The van der Waals surface area contributed by atoms with Crippen molar-refractivity contribution in [2.24, 2.45) is 7.05 Å². The maximum atomic E-state index is 5.91. The Labute approximate surface area is 149 Å². The van der Waals surface area contributed by atoms with Crippen LogP contribution in [-0.2, 0) is 13.6 Å². The van der Waals surface area contributed by atoms with Gasteiger partial charge in [-0.15, -0.1) is 5.10 Å². The van der Waals surface area contributed by atoms with Crippen molar-refractivity contribution in [3.8, 4) is 11.3 Å². The maximum absolute atomic E-state index is 5.91. The molecule has 0 spiro atoms. The van der Waals surface area contributed by atoms with Crippen molar-refractivity contribution in [1.82, 2.24) is 20.2 Å². The molecule has 2 heterocycles. The highest BCUT2D eigenvalue weighted by molar-refractivity contribution is 7.99. The number of hydrogen-bond acceptors (Lipinski definition) is 5. The normalized spacial score (nSPS) is 11.1. The zero-order chi connectivity index (χ0) is 16.8. The molecule has 0 aliphatic carbocycles. The summed E-state index contributed by atoms with van der Waals surface area (Å²) < 4.78 is 7.57. The fraction of sp³-hybridized carbons (Fsp3) is 0.312. The Kier molecular flexibility index (Phi) is 5.90. The van der Waals surface area contributed by atoms with Gasteiger partial charge in [0.2, 0.25) is 5.16 Å². The van der Waals surface area contributed by atoms with E-state index in [2.05, 4.69) is 20.8 Å². The second-order valence-corrected chi connectivity index (χ2v) is 6.84. The van der Waals surface area contributed by atoms with Crippen LogP contribution in [0.25, 0.3) is 11.3 Å². The average molecular weight is 365 g/mol. The molecule has 0 radical (unpaired) electrons. The maximum Gasteiger partial charge on any atom is 0.209 e. The molecule has 6 nitrogen and oxygen atoms in total. The average Bonchev–Trinajstić information content (AvgIpc) is 3.21. The number of aromatic nitrogens is 4. The Hall–Kier alpha value is -1.83. The molecule has 2 aromatic heterocycles. The largest absolute Gasteiger partial charge is 0.455 e. The Balaban J connectivity index is 1.38. The number of hydrogen-bond donors (Lipinski definition) is 1. The summed E-state index contributed by atoms with van der Waals surface area (Å²) in [5.74, 6) is 2.85. The molecule has 0 atom stereocenters. The minimum absolute atomic E-state index is 0.730. The van der Waals surface area contributed by atoms with Gasteiger partial charge in [0.15, 0.2) is 5.76 Å². The van der Waals surface area contributed by atoms with Crippen molar-refractivity contribution < 1.29 is 9.73 Å². The minimum atomic E-state index is 0.730. The zero-order valence-corrected chi connectivity index (χ0v) is 14.9. The van der Waals surface area contributed by atoms with E-state index in [0.717, 1.165) is 52.5 Å². The van der Waals surface area contributed by atoms with Gasteiger partial charge in [0, 0.05) is 29.8 Å². The molecular weight excluding hydrogens is 346 g/mol. The van der Waals surface area contributed by atoms with Crippen LogP contribution in [0.15, 0.2) is 46.0 Å². The van der Waals surface area contributed by atoms with E-state index in [-0.39, 0.29) is 0 Å². The molecule has 126 valence electrons. The standard InChI is InChI=1S/C16H18ClN5OS/c1-22-16(19-20-21-22)24-10-2-9-18-11-14-7-8-15(23-14)12-3-5-13(17)6-4-12/h3-8,18H,2,9-11H2,1H3/p+1. The van der Waals surface area contributed by atoms with Crippen LogP contribution in [0.4, 0.5) is 0 Å². The van der Waals surface area contributed by atoms with Gasteiger partial charge in [-0.25, -0.2) is 4.68 Å². The highest BCUT2D eigenvalue weighted by Gasteiger charge is 2.06. The number of benzene rings is 1. The molecule has 2 N–H and O–H groups in total. The first-order valence-electron chi connectivity index (χ1n) is 7.74. The SMILES string of the molecule is Cn1nnnc1SCCC[NH2+]Cc1ccc(-c2ccc(Cl)cc2)o1. The number of aryl methyl sites for hydroxylation is 1. The first-order valence-corrected chi connectivity index (χ1v) is 9.10. The Morgan fingerprint density at radius 3 is 2.79 bits per heavy atom. The van der Waals surface area contributed by atoms with Gasteiger partial charge < -0.3 is 9.73 Å². The van der Waals surface area contributed by atoms with Crippen LogP contribution in [0.3, 0.4) is 0 Å². The van der Waals surface area contributed by atoms with Gasteiger partial charge in [0.25, 0.3) is 0 Å². The van der Waals surface area contributed by atoms with Gasteiger partial charge in [-0.1, -0.05) is 23.4 Å². The van der Waals surface area contributed by atoms with Gasteiger partial charge in [-0.2, -0.15) is 0 Å². The summed E-state index contributed by atoms with van der Waals surface area (Å²) in [7, 11) is 1.85. The summed E-state index contributed by atoms with van der Waals surface area (Å²) in [5.41, 5.74) is 1.04. The van der Waals surface area contributed by atoms with Gasteiger partial charge in [-0.3, -0.25) is 0 Å². The monoisotopic (exact) mass is 364 g/mol. The van der Waals surface area contributed by atoms with Gasteiger partial charge in [0.1, 0.15) is 12.3 Å². The summed E-state index contributed by atoms with van der Waals surface area (Å²) in [6.07, 6.45) is 1.09. The molecule has 0 bridgehead atoms. The van der Waals surface area contributed by atoms with Crippen LogP contribution in [-0.4, -0.2) is 32.5 Å². The van der Waals surface area contributed by atoms with Crippen LogP contribution >= 0.6 is 23.4 Å². The van der Waals surface area contributed by atoms with Crippen LogP contribution in [0, 0.1) is 0 Å². The lowest BCUT2D eigenvalue weighted by atomic mass is 10.2. The van der Waals surface area contributed by atoms with Crippen molar-refractivity contribution in [2.45, 2.75) is 18.1 Å². The summed E-state index contributed by atoms with van der Waals surface area (Å²) in [6, 6.07) is 11.7. The molecule has 3 rings (SSSR count). The van der Waals surface area contributed by atoms with Gasteiger partial charge >= 0.3 is 0 Å². The third-order valence-corrected chi connectivity index (χ3v) is 4.85. The fourth-order valence-electron chi connectivity index (χ4n) is 2.24. The summed E-state index contributed by atoms with van der Waals surface area (Å²) in [6.45, 7) is 1.87. The Morgan fingerprint density at radius 2 is 2.04 bits per heavy atom. The lowest BCUT2D eigenvalue weighted by Crippen LogP contribution is -2.82. The number of furan rings is 1. The van der Waals surface area contributed by atoms with E-state index >= 15 is 0 Å². The highest BCUT2D eigenvalue weighted by Crippen LogP contribution is 2.23. The molecule has 0 saturated heterocycles. The van der Waals surface area contributed by atoms with Crippen molar-refractivity contribution in [3.05, 3.63) is 47.2 Å². The summed E-state index contributed by atoms with van der Waals surface area (Å²) >= 11 is 7.58. The number of nitrogens with zero attached hydrogens (tertiary/aromatic N) is 4. The predicted molar refractivity (Wildman–Crippen MR) is 93.8 cm³/mol. The lowest BCUT2D eigenvalue weighted by Gasteiger charge is -2.00. The van der Waals surface area contributed by atoms with E-state index in [9.17, 15) is 0 Å². The Bertz CT molecular complexity index is 771. The first-order chi connectivity index (χ1) is 11.7. The first kappa shape index (κ1) is 17.0. The summed E-state index contributed by atoms with van der Waals surface area (Å²) in [5, 5.41) is 15.2. The van der Waals surface area contributed by atoms with Crippen molar-refractivity contribution in [1.29, 1.82) is 0 Å². The van der Waals surface area contributed by atoms with Crippen molar-refractivity contribution in [3.63, 3.8) is 0 Å². The predicted octanol–water partition coefficient (Wildman–Crippen LogP) is 2.37. The zero-order valence-electron chi connectivity index (χ0n) is 13.4. The quantitative estimate of drug-likeness (QED) is 0.490. The van der Waals surface area contributed by atoms with Crippen LogP contribution in [0.1, 0.15) is 12.2 Å². The topological polar surface area (TPSA) is 73.3 Å². The van der Waals surface area contributed by atoms with Crippen molar-refractivity contribution in [2.75, 3.05) is 12.3 Å². The Morgan fingerprint density at radius 1 is 1.21 bits per heavy atom. The van der Waals surface area contributed by atoms with E-state index in [0.29, 0.717) is 0 Å². The van der Waals surface area contributed by atoms with E-state index < -0.39 is 0 Å². The number of thioether (sulfide) groups is 1. The number of nitrogens with two attached hydrogens (primary N) is 1. The van der Waals surface area contributed by atoms with Crippen LogP contribution in [0.2, 0.25) is 5.02 Å². The third kappa shape index (κ3) is 4.59. The second kappa shape index (κ2) is 8.32. The van der Waals surface area contributed by atoms with E-state index in [1.165, 1.54) is 0 Å². The van der Waals surface area contributed by atoms with E-state index in [1.54, 1.807) is 16.4 Å². The molecule has 24 heavy (non-hydrogen) atoms. The molecular formula is C16H19ClN5OS+. The summed E-state index contributed by atoms with van der Waals surface area (Å²) in [4.78, 5) is 0. The molecule has 0 saturated carbocycles. The highest BCUT2D eigenvalue weighted by atomic mass is 35.5. The smallest absolute Gasteiger partial charge is 0.209 e. The van der Waals surface area contributed by atoms with E-state index in [1.807, 2.05) is 43.4 Å². The third-order valence-electron chi connectivity index (χ3n) is 3.50.